The summed E-state index contributed by atoms with van der Waals surface area (Å²) in [6, 6.07) is 6.70. The molecule has 1 aromatic rings. The number of para-hydroxylation sites is 1. The molecule has 2 rings (SSSR count). The Hall–Kier alpha value is -1.44. The third-order valence-corrected chi connectivity index (χ3v) is 6.20. The number of rotatable bonds is 4. The third kappa shape index (κ3) is 3.85. The van der Waals surface area contributed by atoms with Crippen molar-refractivity contribution in [2.45, 2.75) is 19.1 Å². The molecule has 2 unspecified atom stereocenters. The average molecular weight is 340 g/mol. The molecule has 1 aliphatic heterocycles. The highest BCUT2D eigenvalue weighted by molar-refractivity contribution is 8.48. The molecule has 1 heterocycles. The molecule has 120 valence electrons. The molecule has 22 heavy (non-hydrogen) atoms. The lowest BCUT2D eigenvalue weighted by Gasteiger charge is -2.25. The molecule has 7 heteroatoms. The maximum absolute atomic E-state index is 11.1. The Morgan fingerprint density at radius 1 is 1.41 bits per heavy atom. The standard InChI is InChI=1S/C15H20N2O3S2/c1-10(9-16-15(21)22(2,3)4)13-14(20-13)11-7-5-6-8-12(11)17(18)19/h5-9,13-14H,1-4H3,(H,16,21)/b10-9+. The molecule has 0 amide bonds. The van der Waals surface area contributed by atoms with E-state index in [2.05, 4.69) is 24.1 Å². The fourth-order valence-electron chi connectivity index (χ4n) is 2.02. The van der Waals surface area contributed by atoms with Crippen molar-refractivity contribution in [3.63, 3.8) is 0 Å². The Morgan fingerprint density at radius 3 is 2.64 bits per heavy atom. The molecule has 1 aliphatic rings. The first-order valence-electron chi connectivity index (χ1n) is 6.76. The minimum absolute atomic E-state index is 0.102. The zero-order valence-corrected chi connectivity index (χ0v) is 14.7. The van der Waals surface area contributed by atoms with Crippen LogP contribution in [0.3, 0.4) is 0 Å². The fraction of sp³-hybridized carbons (Fsp3) is 0.400. The second-order valence-electron chi connectivity index (χ2n) is 5.95. The van der Waals surface area contributed by atoms with Gasteiger partial charge in [-0.1, -0.05) is 24.4 Å². The van der Waals surface area contributed by atoms with Gasteiger partial charge in [0, 0.05) is 12.3 Å². The molecule has 0 aliphatic carbocycles. The predicted molar refractivity (Wildman–Crippen MR) is 95.6 cm³/mol. The van der Waals surface area contributed by atoms with Gasteiger partial charge in [0.2, 0.25) is 0 Å². The number of nitro groups is 1. The number of hydrogen-bond acceptors (Lipinski definition) is 4. The minimum Gasteiger partial charge on any atom is -0.359 e. The van der Waals surface area contributed by atoms with Crippen LogP contribution in [-0.2, 0) is 4.74 Å². The first kappa shape index (κ1) is 16.9. The van der Waals surface area contributed by atoms with Crippen molar-refractivity contribution in [1.29, 1.82) is 0 Å². The van der Waals surface area contributed by atoms with E-state index in [1.54, 1.807) is 18.2 Å². The fourth-order valence-corrected chi connectivity index (χ4v) is 2.49. The van der Waals surface area contributed by atoms with E-state index in [0.29, 0.717) is 5.56 Å². The number of thiocarbonyl (C=S) groups is 1. The van der Waals surface area contributed by atoms with Crippen molar-refractivity contribution in [1.82, 2.24) is 5.32 Å². The maximum Gasteiger partial charge on any atom is 0.275 e. The van der Waals surface area contributed by atoms with Gasteiger partial charge in [-0.05, 0) is 37.3 Å². The molecule has 1 saturated heterocycles. The van der Waals surface area contributed by atoms with Gasteiger partial charge in [0.05, 0.1) is 10.5 Å². The van der Waals surface area contributed by atoms with E-state index in [1.807, 2.05) is 13.1 Å². The van der Waals surface area contributed by atoms with Gasteiger partial charge in [-0.25, -0.2) is 0 Å². The molecule has 1 N–H and O–H groups in total. The molecular formula is C15H20N2O3S2. The van der Waals surface area contributed by atoms with Gasteiger partial charge in [0.15, 0.2) is 0 Å². The van der Waals surface area contributed by atoms with E-state index in [9.17, 15) is 10.1 Å². The zero-order valence-electron chi connectivity index (χ0n) is 13.0. The highest BCUT2D eigenvalue weighted by atomic mass is 32.3. The number of hydrogen-bond donors (Lipinski definition) is 1. The van der Waals surface area contributed by atoms with E-state index >= 15 is 0 Å². The van der Waals surface area contributed by atoms with Crippen LogP contribution < -0.4 is 5.32 Å². The Balaban J connectivity index is 2.06. The summed E-state index contributed by atoms with van der Waals surface area (Å²) >= 11 is 5.35. The molecule has 0 saturated carbocycles. The van der Waals surface area contributed by atoms with Crippen LogP contribution in [0, 0.1) is 10.1 Å². The molecule has 0 radical (unpaired) electrons. The van der Waals surface area contributed by atoms with E-state index in [0.717, 1.165) is 9.89 Å². The lowest BCUT2D eigenvalue weighted by molar-refractivity contribution is -0.385. The number of nitrogens with zero attached hydrogens (tertiary/aromatic N) is 1. The maximum atomic E-state index is 11.1. The van der Waals surface area contributed by atoms with Crippen LogP contribution in [-0.4, -0.2) is 34.1 Å². The SMILES string of the molecule is C/C(=C\NC(=S)S(C)(C)C)C1OC1c1ccccc1[N+](=O)[O-]. The van der Waals surface area contributed by atoms with E-state index in [4.69, 9.17) is 17.0 Å². The van der Waals surface area contributed by atoms with Crippen molar-refractivity contribution in [2.75, 3.05) is 18.8 Å². The van der Waals surface area contributed by atoms with Crippen LogP contribution in [0.1, 0.15) is 18.6 Å². The molecular weight excluding hydrogens is 320 g/mol. The number of ether oxygens (including phenoxy) is 1. The van der Waals surface area contributed by atoms with Gasteiger partial charge in [0.1, 0.15) is 16.5 Å². The van der Waals surface area contributed by atoms with Crippen LogP contribution in [0.15, 0.2) is 36.0 Å². The highest BCUT2D eigenvalue weighted by Crippen LogP contribution is 2.46. The van der Waals surface area contributed by atoms with Gasteiger partial charge in [-0.3, -0.25) is 10.1 Å². The van der Waals surface area contributed by atoms with Gasteiger partial charge in [0.25, 0.3) is 5.69 Å². The van der Waals surface area contributed by atoms with Crippen molar-refractivity contribution in [3.05, 3.63) is 51.7 Å². The predicted octanol–water partition coefficient (Wildman–Crippen LogP) is 3.51. The van der Waals surface area contributed by atoms with Gasteiger partial charge in [-0.15, -0.1) is 0 Å². The summed E-state index contributed by atoms with van der Waals surface area (Å²) in [5.74, 6) is 0. The van der Waals surface area contributed by atoms with Gasteiger partial charge >= 0.3 is 0 Å². The lowest BCUT2D eigenvalue weighted by Crippen LogP contribution is -2.21. The first-order valence-corrected chi connectivity index (χ1v) is 10.0. The lowest BCUT2D eigenvalue weighted by atomic mass is 10.0. The molecule has 5 nitrogen and oxygen atoms in total. The molecule has 2 atom stereocenters. The summed E-state index contributed by atoms with van der Waals surface area (Å²) in [7, 11) is -0.942. The van der Waals surface area contributed by atoms with Gasteiger partial charge < -0.3 is 10.1 Å². The van der Waals surface area contributed by atoms with Crippen molar-refractivity contribution in [2.24, 2.45) is 0 Å². The Morgan fingerprint density at radius 2 is 2.05 bits per heavy atom. The molecule has 0 aromatic heterocycles. The van der Waals surface area contributed by atoms with E-state index in [1.165, 1.54) is 6.07 Å². The van der Waals surface area contributed by atoms with Gasteiger partial charge in [-0.2, -0.15) is 10.0 Å². The zero-order chi connectivity index (χ0) is 16.5. The quantitative estimate of drug-likeness (QED) is 0.393. The number of nitro benzene ring substituents is 1. The Kier molecular flexibility index (Phi) is 4.89. The van der Waals surface area contributed by atoms with E-state index in [-0.39, 0.29) is 22.8 Å². The first-order chi connectivity index (χ1) is 10.2. The second kappa shape index (κ2) is 6.36. The third-order valence-electron chi connectivity index (χ3n) is 3.35. The van der Waals surface area contributed by atoms with E-state index < -0.39 is 10.0 Å². The largest absolute Gasteiger partial charge is 0.359 e. The summed E-state index contributed by atoms with van der Waals surface area (Å²) in [5.41, 5.74) is 1.70. The van der Waals surface area contributed by atoms with Crippen molar-refractivity contribution in [3.8, 4) is 0 Å². The Labute approximate surface area is 137 Å². The number of epoxide rings is 1. The number of nitrogens with one attached hydrogen (secondary N) is 1. The summed E-state index contributed by atoms with van der Waals surface area (Å²) in [6.45, 7) is 1.94. The summed E-state index contributed by atoms with van der Waals surface area (Å²) in [5, 5.41) is 14.2. The second-order valence-corrected chi connectivity index (χ2v) is 10.7. The Bertz CT molecular complexity index is 638. The average Bonchev–Trinajstić information content (AvgIpc) is 3.23. The van der Waals surface area contributed by atoms with Crippen LogP contribution in [0.5, 0.6) is 0 Å². The van der Waals surface area contributed by atoms with Crippen LogP contribution in [0.2, 0.25) is 0 Å². The van der Waals surface area contributed by atoms with Crippen LogP contribution >= 0.6 is 22.2 Å². The van der Waals surface area contributed by atoms with Crippen molar-refractivity contribution < 1.29 is 9.66 Å². The normalized spacial score (nSPS) is 22.1. The summed E-state index contributed by atoms with van der Waals surface area (Å²) in [6.07, 6.45) is 7.82. The number of benzene rings is 1. The molecule has 0 spiro atoms. The topological polar surface area (TPSA) is 67.7 Å². The molecule has 1 fully saturated rings. The van der Waals surface area contributed by atoms with Crippen LogP contribution in [0.25, 0.3) is 0 Å². The monoisotopic (exact) mass is 340 g/mol. The summed E-state index contributed by atoms with van der Waals surface area (Å²) < 4.78 is 6.45. The van der Waals surface area contributed by atoms with Crippen LogP contribution in [0.4, 0.5) is 5.69 Å². The smallest absolute Gasteiger partial charge is 0.275 e. The highest BCUT2D eigenvalue weighted by Gasteiger charge is 2.44. The molecule has 0 bridgehead atoms. The van der Waals surface area contributed by atoms with Crippen molar-refractivity contribution >= 4 is 32.3 Å². The molecule has 1 aromatic carbocycles. The summed E-state index contributed by atoms with van der Waals surface area (Å²) in [4.78, 5) is 10.7. The minimum atomic E-state index is -0.942.